The van der Waals surface area contributed by atoms with Crippen molar-refractivity contribution in [3.8, 4) is 11.5 Å². The monoisotopic (exact) mass is 371 g/mol. The molecule has 8 heteroatoms. The van der Waals surface area contributed by atoms with Gasteiger partial charge in [0.05, 0.1) is 47.5 Å². The van der Waals surface area contributed by atoms with Crippen molar-refractivity contribution in [2.24, 2.45) is 0 Å². The van der Waals surface area contributed by atoms with Gasteiger partial charge in [-0.25, -0.2) is 4.98 Å². The zero-order chi connectivity index (χ0) is 17.3. The molecule has 1 aromatic carbocycles. The maximum atomic E-state index is 12.7. The van der Waals surface area contributed by atoms with Gasteiger partial charge in [0.25, 0.3) is 0 Å². The van der Waals surface area contributed by atoms with Gasteiger partial charge in [0.1, 0.15) is 11.5 Å². The number of hydrogen-bond donors (Lipinski definition) is 1. The number of nitrogens with one attached hydrogen (secondary N) is 1. The molecule has 2 heterocycles. The molecule has 0 fully saturated rings. The molecule has 0 saturated carbocycles. The number of aryl methyl sites for hydroxylation is 1. The van der Waals surface area contributed by atoms with Crippen LogP contribution >= 0.6 is 0 Å². The molecule has 0 spiro atoms. The van der Waals surface area contributed by atoms with E-state index in [-0.39, 0.29) is 31.7 Å². The second-order valence-corrected chi connectivity index (χ2v) is 6.83. The fraction of sp³-hybridized carbons (Fsp3) is 0.294. The predicted molar refractivity (Wildman–Crippen MR) is 101 cm³/mol. The maximum Gasteiger partial charge on any atom is 2.00 e. The fourth-order valence-electron chi connectivity index (χ4n) is 2.61. The molecule has 0 aliphatic rings. The molecule has 0 aliphatic heterocycles. The summed E-state index contributed by atoms with van der Waals surface area (Å²) in [4.78, 5) is 11.9. The number of ether oxygens (including phenoxy) is 2. The van der Waals surface area contributed by atoms with E-state index >= 15 is 0 Å². The van der Waals surface area contributed by atoms with Crippen LogP contribution in [0.4, 0.5) is 0 Å². The minimum Gasteiger partial charge on any atom is -1.00 e. The molecular weight excluding hydrogens is 351 g/mol. The molecule has 25 heavy (non-hydrogen) atoms. The van der Waals surface area contributed by atoms with Gasteiger partial charge in [0, 0.05) is 23.4 Å². The van der Waals surface area contributed by atoms with Gasteiger partial charge in [-0.15, -0.1) is 0 Å². The molecule has 3 aromatic rings. The average Bonchev–Trinajstić information content (AvgIpc) is 3.01. The van der Waals surface area contributed by atoms with Gasteiger partial charge in [-0.05, 0) is 26.0 Å². The number of imidazole rings is 1. The summed E-state index contributed by atoms with van der Waals surface area (Å²) in [7, 11) is 1.91. The molecule has 3 rings (SSSR count). The second-order valence-electron chi connectivity index (χ2n) is 5.46. The van der Waals surface area contributed by atoms with E-state index in [4.69, 9.17) is 9.47 Å². The van der Waals surface area contributed by atoms with Gasteiger partial charge in [-0.1, -0.05) is 0 Å². The zero-order valence-electron chi connectivity index (χ0n) is 16.8. The Morgan fingerprint density at radius 2 is 2.00 bits per heavy atom. The third-order valence-corrected chi connectivity index (χ3v) is 5.06. The normalized spacial score (nSPS) is 11.8. The van der Waals surface area contributed by atoms with Gasteiger partial charge < -0.3 is 17.3 Å². The molecule has 130 valence electrons. The summed E-state index contributed by atoms with van der Waals surface area (Å²) in [6, 6.07) is 5.50. The number of H-pyrrole nitrogens is 1. The Labute approximate surface area is 167 Å². The van der Waals surface area contributed by atoms with Crippen LogP contribution in [0.2, 0.25) is 0 Å². The van der Waals surface area contributed by atoms with E-state index in [1.807, 2.05) is 32.0 Å². The number of benzene rings is 1. The summed E-state index contributed by atoms with van der Waals surface area (Å²) in [6.07, 6.45) is 1.74. The van der Waals surface area contributed by atoms with Crippen molar-refractivity contribution in [3.63, 3.8) is 0 Å². The van der Waals surface area contributed by atoms with E-state index in [2.05, 4.69) is 15.0 Å². The van der Waals surface area contributed by atoms with Gasteiger partial charge in [-0.3, -0.25) is 9.19 Å². The van der Waals surface area contributed by atoms with E-state index in [0.29, 0.717) is 5.16 Å². The number of nitrogens with zero attached hydrogens (tertiary/aromatic N) is 2. The van der Waals surface area contributed by atoms with Crippen LogP contribution in [0.3, 0.4) is 0 Å². The smallest absolute Gasteiger partial charge is 1.00 e. The minimum atomic E-state index is -1.33. The molecule has 0 amide bonds. The Kier molecular flexibility index (Phi) is 6.42. The van der Waals surface area contributed by atoms with Crippen molar-refractivity contribution in [3.05, 3.63) is 41.2 Å². The largest absolute Gasteiger partial charge is 2.00 e. The molecule has 1 N–H and O–H groups in total. The summed E-state index contributed by atoms with van der Waals surface area (Å²) in [5.74, 6) is 1.79. The SMILES string of the molecule is COc1ccc2nc(S(=O)Cc3ncc(C)c(OC)c3C)[nH]c2c1.[H-].[H-].[Mg+2]. The van der Waals surface area contributed by atoms with Gasteiger partial charge in [0.2, 0.25) is 0 Å². The number of rotatable bonds is 5. The van der Waals surface area contributed by atoms with Gasteiger partial charge in [-0.2, -0.15) is 0 Å². The van der Waals surface area contributed by atoms with E-state index in [9.17, 15) is 4.21 Å². The topological polar surface area (TPSA) is 77.1 Å². The van der Waals surface area contributed by atoms with Gasteiger partial charge >= 0.3 is 23.1 Å². The molecule has 1 unspecified atom stereocenters. The summed E-state index contributed by atoms with van der Waals surface area (Å²) < 4.78 is 23.3. The third-order valence-electron chi connectivity index (χ3n) is 3.90. The summed E-state index contributed by atoms with van der Waals surface area (Å²) in [5, 5.41) is 0.430. The third kappa shape index (κ3) is 3.96. The van der Waals surface area contributed by atoms with Crippen LogP contribution in [-0.4, -0.2) is 56.4 Å². The number of aromatic amines is 1. The van der Waals surface area contributed by atoms with Crippen molar-refractivity contribution < 1.29 is 16.5 Å². The first-order valence-electron chi connectivity index (χ1n) is 7.44. The van der Waals surface area contributed by atoms with Crippen LogP contribution in [-0.2, 0) is 16.6 Å². The summed E-state index contributed by atoms with van der Waals surface area (Å²) in [6.45, 7) is 3.86. The Bertz CT molecular complexity index is 937. The Balaban J connectivity index is 0.00000225. The van der Waals surface area contributed by atoms with E-state index in [1.54, 1.807) is 20.4 Å². The molecule has 0 aliphatic carbocycles. The van der Waals surface area contributed by atoms with E-state index < -0.39 is 10.8 Å². The number of hydrogen-bond acceptors (Lipinski definition) is 5. The van der Waals surface area contributed by atoms with Crippen LogP contribution in [0.15, 0.2) is 29.6 Å². The van der Waals surface area contributed by atoms with E-state index in [1.165, 1.54) is 0 Å². The number of aromatic nitrogens is 3. The standard InChI is InChI=1S/C17H19N3O3S.Mg.2H/c1-10-8-18-15(11(2)16(10)23-4)9-24(21)17-19-13-6-5-12(22-3)7-14(13)20-17;;;/h5-8H,9H2,1-4H3,(H,19,20);;;/q;+2;2*-1. The molecular formula is C17H21MgN3O3S. The first kappa shape index (κ1) is 19.7. The Hall–Kier alpha value is -1.64. The maximum absolute atomic E-state index is 12.7. The summed E-state index contributed by atoms with van der Waals surface area (Å²) in [5.41, 5.74) is 4.16. The van der Waals surface area contributed by atoms with Crippen LogP contribution in [0.25, 0.3) is 11.0 Å². The van der Waals surface area contributed by atoms with Gasteiger partial charge in [0.15, 0.2) is 5.16 Å². The van der Waals surface area contributed by atoms with Crippen LogP contribution in [0.1, 0.15) is 19.7 Å². The molecule has 0 radical (unpaired) electrons. The van der Waals surface area contributed by atoms with Crippen LogP contribution in [0.5, 0.6) is 11.5 Å². The molecule has 2 aromatic heterocycles. The van der Waals surface area contributed by atoms with Crippen molar-refractivity contribution >= 4 is 44.9 Å². The van der Waals surface area contributed by atoms with Crippen LogP contribution < -0.4 is 9.47 Å². The minimum absolute atomic E-state index is 0. The van der Waals surface area contributed by atoms with Crippen molar-refractivity contribution in [2.45, 2.75) is 24.8 Å². The zero-order valence-corrected chi connectivity index (χ0v) is 17.0. The molecule has 0 bridgehead atoms. The van der Waals surface area contributed by atoms with Crippen molar-refractivity contribution in [1.29, 1.82) is 0 Å². The van der Waals surface area contributed by atoms with Crippen molar-refractivity contribution in [1.82, 2.24) is 15.0 Å². The first-order valence-corrected chi connectivity index (χ1v) is 8.76. The number of methoxy groups -OCH3 is 2. The second kappa shape index (κ2) is 8.16. The summed E-state index contributed by atoms with van der Waals surface area (Å²) >= 11 is 0. The predicted octanol–water partition coefficient (Wildman–Crippen LogP) is 2.74. The Morgan fingerprint density at radius 3 is 2.68 bits per heavy atom. The first-order chi connectivity index (χ1) is 11.5. The Morgan fingerprint density at radius 1 is 1.24 bits per heavy atom. The molecule has 6 nitrogen and oxygen atoms in total. The number of pyridine rings is 1. The van der Waals surface area contributed by atoms with Crippen LogP contribution in [0, 0.1) is 13.8 Å². The molecule has 1 atom stereocenters. The quantitative estimate of drug-likeness (QED) is 0.698. The average molecular weight is 372 g/mol. The fourth-order valence-corrected chi connectivity index (χ4v) is 3.71. The van der Waals surface area contributed by atoms with E-state index in [0.717, 1.165) is 39.4 Å². The molecule has 0 saturated heterocycles. The van der Waals surface area contributed by atoms with Crippen molar-refractivity contribution in [2.75, 3.05) is 14.2 Å². The number of fused-ring (bicyclic) bond motifs is 1.